The molecule has 1 heterocycles. The number of rotatable bonds is 3. The second kappa shape index (κ2) is 5.92. The van der Waals surface area contributed by atoms with Crippen LogP contribution in [0.2, 0.25) is 0 Å². The number of amides is 1. The summed E-state index contributed by atoms with van der Waals surface area (Å²) in [5.74, 6) is -0.565. The Morgan fingerprint density at radius 2 is 1.68 bits per heavy atom. The number of carbonyl (C=O) groups excluding carboxylic acids is 1. The van der Waals surface area contributed by atoms with E-state index >= 15 is 0 Å². The average molecular weight is 368 g/mol. The molecule has 0 saturated carbocycles. The quantitative estimate of drug-likeness (QED) is 0.740. The summed E-state index contributed by atoms with van der Waals surface area (Å²) in [4.78, 5) is 14.3. The van der Waals surface area contributed by atoms with Gasteiger partial charge in [0.15, 0.2) is 0 Å². The lowest BCUT2D eigenvalue weighted by molar-refractivity contribution is -0.0436. The Morgan fingerprint density at radius 3 is 2.32 bits per heavy atom. The first-order valence-electron chi connectivity index (χ1n) is 6.99. The molecule has 0 aliphatic heterocycles. The van der Waals surface area contributed by atoms with E-state index in [1.165, 1.54) is 0 Å². The molecule has 0 bridgehead atoms. The predicted molar refractivity (Wildman–Crippen MR) is 85.9 cm³/mol. The molecule has 25 heavy (non-hydrogen) atoms. The number of aromatic amines is 1. The molecule has 0 radical (unpaired) electrons. The van der Waals surface area contributed by atoms with Gasteiger partial charge in [0, 0.05) is 22.7 Å². The lowest BCUT2D eigenvalue weighted by atomic mass is 10.2. The van der Waals surface area contributed by atoms with Gasteiger partial charge < -0.3 is 10.3 Å². The number of carbonyl (C=O) groups is 1. The van der Waals surface area contributed by atoms with Gasteiger partial charge in [-0.05, 0) is 42.5 Å². The number of nitrogens with one attached hydrogen (secondary N) is 2. The van der Waals surface area contributed by atoms with Crippen molar-refractivity contribution in [2.75, 3.05) is 5.32 Å². The third-order valence-corrected chi connectivity index (χ3v) is 5.08. The van der Waals surface area contributed by atoms with Crippen LogP contribution in [0.15, 0.2) is 59.6 Å². The lowest BCUT2D eigenvalue weighted by Gasteiger charge is -2.09. The van der Waals surface area contributed by atoms with Crippen molar-refractivity contribution in [3.63, 3.8) is 0 Å². The standard InChI is InChI=1S/C16H11F3N2O3S/c17-16(18,19)25(23,24)11-6-4-10(5-7-11)15(22)21-14-3-1-2-13-12(14)8-9-20-13/h1-9,20H,(H,21,22). The summed E-state index contributed by atoms with van der Waals surface area (Å²) < 4.78 is 60.2. The van der Waals surface area contributed by atoms with Crippen LogP contribution in [0.4, 0.5) is 18.9 Å². The number of aromatic nitrogens is 1. The highest BCUT2D eigenvalue weighted by molar-refractivity contribution is 7.92. The van der Waals surface area contributed by atoms with Crippen molar-refractivity contribution in [3.8, 4) is 0 Å². The van der Waals surface area contributed by atoms with Crippen molar-refractivity contribution < 1.29 is 26.4 Å². The molecule has 2 aromatic carbocycles. The zero-order chi connectivity index (χ0) is 18.2. The van der Waals surface area contributed by atoms with Crippen LogP contribution in [0.25, 0.3) is 10.9 Å². The molecule has 0 unspecified atom stereocenters. The van der Waals surface area contributed by atoms with Gasteiger partial charge in [0.2, 0.25) is 0 Å². The number of anilines is 1. The Hall–Kier alpha value is -2.81. The Kier molecular flexibility index (Phi) is 4.03. The maximum Gasteiger partial charge on any atom is 0.501 e. The molecule has 3 rings (SSSR count). The van der Waals surface area contributed by atoms with Gasteiger partial charge in [-0.25, -0.2) is 8.42 Å². The number of alkyl halides is 3. The van der Waals surface area contributed by atoms with Crippen LogP contribution in [0.1, 0.15) is 10.4 Å². The number of fused-ring (bicyclic) bond motifs is 1. The van der Waals surface area contributed by atoms with Gasteiger partial charge in [0.1, 0.15) is 0 Å². The third kappa shape index (κ3) is 3.10. The maximum atomic E-state index is 12.5. The van der Waals surface area contributed by atoms with E-state index in [1.54, 1.807) is 24.4 Å². The van der Waals surface area contributed by atoms with Crippen molar-refractivity contribution in [2.45, 2.75) is 10.4 Å². The molecule has 0 atom stereocenters. The van der Waals surface area contributed by atoms with Crippen molar-refractivity contribution in [1.29, 1.82) is 0 Å². The topological polar surface area (TPSA) is 79.0 Å². The van der Waals surface area contributed by atoms with Gasteiger partial charge in [0.05, 0.1) is 10.6 Å². The van der Waals surface area contributed by atoms with Gasteiger partial charge in [-0.2, -0.15) is 13.2 Å². The Bertz CT molecular complexity index is 1040. The molecule has 0 aliphatic carbocycles. The number of hydrogen-bond donors (Lipinski definition) is 2. The molecular formula is C16H11F3N2O3S. The highest BCUT2D eigenvalue weighted by Gasteiger charge is 2.46. The number of benzene rings is 2. The second-order valence-corrected chi connectivity index (χ2v) is 7.11. The molecule has 3 aromatic rings. The van der Waals surface area contributed by atoms with Gasteiger partial charge in [0.25, 0.3) is 15.7 Å². The molecule has 0 fully saturated rings. The van der Waals surface area contributed by atoms with E-state index in [1.807, 2.05) is 6.07 Å². The fourth-order valence-corrected chi connectivity index (χ4v) is 3.07. The van der Waals surface area contributed by atoms with Gasteiger partial charge in [-0.15, -0.1) is 0 Å². The highest BCUT2D eigenvalue weighted by Crippen LogP contribution is 2.30. The average Bonchev–Trinajstić information content (AvgIpc) is 3.03. The largest absolute Gasteiger partial charge is 0.501 e. The minimum absolute atomic E-state index is 0.0358. The minimum Gasteiger partial charge on any atom is -0.361 e. The molecule has 9 heteroatoms. The molecule has 130 valence electrons. The number of H-pyrrole nitrogens is 1. The van der Waals surface area contributed by atoms with Crippen molar-refractivity contribution in [3.05, 3.63) is 60.3 Å². The van der Waals surface area contributed by atoms with E-state index in [2.05, 4.69) is 10.3 Å². The van der Waals surface area contributed by atoms with E-state index in [0.29, 0.717) is 5.69 Å². The van der Waals surface area contributed by atoms with Crippen LogP contribution in [-0.2, 0) is 9.84 Å². The zero-order valence-corrected chi connectivity index (χ0v) is 13.3. The zero-order valence-electron chi connectivity index (χ0n) is 12.5. The van der Waals surface area contributed by atoms with E-state index < -0.39 is 26.1 Å². The molecule has 1 amide bonds. The lowest BCUT2D eigenvalue weighted by Crippen LogP contribution is -2.23. The van der Waals surface area contributed by atoms with Crippen LogP contribution in [-0.4, -0.2) is 24.8 Å². The number of halogens is 3. The maximum absolute atomic E-state index is 12.5. The third-order valence-electron chi connectivity index (χ3n) is 3.57. The first-order chi connectivity index (χ1) is 11.7. The van der Waals surface area contributed by atoms with Crippen LogP contribution in [0, 0.1) is 0 Å². The van der Waals surface area contributed by atoms with Gasteiger partial charge in [-0.3, -0.25) is 4.79 Å². The number of sulfone groups is 1. The monoisotopic (exact) mass is 368 g/mol. The van der Waals surface area contributed by atoms with Crippen molar-refractivity contribution in [1.82, 2.24) is 4.98 Å². The van der Waals surface area contributed by atoms with E-state index in [0.717, 1.165) is 35.2 Å². The molecule has 0 spiro atoms. The number of hydrogen-bond acceptors (Lipinski definition) is 3. The van der Waals surface area contributed by atoms with Gasteiger partial charge >= 0.3 is 5.51 Å². The van der Waals surface area contributed by atoms with Crippen molar-refractivity contribution in [2.24, 2.45) is 0 Å². The van der Waals surface area contributed by atoms with Crippen LogP contribution in [0.5, 0.6) is 0 Å². The smallest absolute Gasteiger partial charge is 0.361 e. The molecule has 2 N–H and O–H groups in total. The predicted octanol–water partition coefficient (Wildman–Crippen LogP) is 3.71. The van der Waals surface area contributed by atoms with Crippen LogP contribution in [0.3, 0.4) is 0 Å². The van der Waals surface area contributed by atoms with E-state index in [4.69, 9.17) is 0 Å². The second-order valence-electron chi connectivity index (χ2n) is 5.17. The first kappa shape index (κ1) is 17.0. The molecule has 0 aliphatic rings. The summed E-state index contributed by atoms with van der Waals surface area (Å²) in [7, 11) is -5.43. The first-order valence-corrected chi connectivity index (χ1v) is 8.47. The van der Waals surface area contributed by atoms with Gasteiger partial charge in [-0.1, -0.05) is 6.07 Å². The van der Waals surface area contributed by atoms with Crippen LogP contribution < -0.4 is 5.32 Å². The fraction of sp³-hybridized carbons (Fsp3) is 0.0625. The van der Waals surface area contributed by atoms with Crippen LogP contribution >= 0.6 is 0 Å². The Morgan fingerprint density at radius 1 is 1.00 bits per heavy atom. The minimum atomic E-state index is -5.43. The summed E-state index contributed by atoms with van der Waals surface area (Å²) in [5.41, 5.74) is -4.02. The summed E-state index contributed by atoms with van der Waals surface area (Å²) in [6.45, 7) is 0. The van der Waals surface area contributed by atoms with Crippen molar-refractivity contribution >= 4 is 32.3 Å². The molecule has 1 aromatic heterocycles. The molecule has 0 saturated heterocycles. The summed E-state index contributed by atoms with van der Waals surface area (Å²) in [5, 5.41) is 3.42. The Balaban J connectivity index is 1.86. The summed E-state index contributed by atoms with van der Waals surface area (Å²) in [6.07, 6.45) is 1.71. The SMILES string of the molecule is O=C(Nc1cccc2[nH]ccc12)c1ccc(S(=O)(=O)C(F)(F)F)cc1. The summed E-state index contributed by atoms with van der Waals surface area (Å²) >= 11 is 0. The fourth-order valence-electron chi connectivity index (χ4n) is 2.31. The molecule has 5 nitrogen and oxygen atoms in total. The summed E-state index contributed by atoms with van der Waals surface area (Å²) in [6, 6.07) is 10.6. The highest BCUT2D eigenvalue weighted by atomic mass is 32.2. The van der Waals surface area contributed by atoms with E-state index in [-0.39, 0.29) is 5.56 Å². The van der Waals surface area contributed by atoms with E-state index in [9.17, 15) is 26.4 Å². The normalized spacial score (nSPS) is 12.3. The molecular weight excluding hydrogens is 357 g/mol. The Labute approximate surface area is 140 Å².